The molecule has 0 fully saturated rings. The number of ether oxygens (including phenoxy) is 1. The number of alkyl halides is 3. The number of rotatable bonds is 5. The van der Waals surface area contributed by atoms with E-state index in [4.69, 9.17) is 16.3 Å². The number of aryl methyl sites for hydroxylation is 1. The average molecular weight is 410 g/mol. The molecule has 0 aliphatic heterocycles. The highest BCUT2D eigenvalue weighted by Crippen LogP contribution is 2.38. The van der Waals surface area contributed by atoms with Crippen molar-refractivity contribution in [3.63, 3.8) is 0 Å². The molecule has 0 saturated carbocycles. The summed E-state index contributed by atoms with van der Waals surface area (Å²) in [5, 5.41) is 10.6. The molecular formula is C15H12ClF3NO5P. The van der Waals surface area contributed by atoms with E-state index in [2.05, 4.69) is 4.52 Å². The Labute approximate surface area is 151 Å². The fourth-order valence-electron chi connectivity index (χ4n) is 2.09. The van der Waals surface area contributed by atoms with Crippen molar-refractivity contribution in [3.8, 4) is 11.5 Å². The van der Waals surface area contributed by atoms with Crippen LogP contribution in [0.3, 0.4) is 0 Å². The molecule has 0 saturated heterocycles. The summed E-state index contributed by atoms with van der Waals surface area (Å²) in [5.74, 6) is -0.0256. The summed E-state index contributed by atoms with van der Waals surface area (Å²) in [6.07, 6.45) is -4.56. The molecule has 0 N–H and O–H groups in total. The van der Waals surface area contributed by atoms with Crippen molar-refractivity contribution in [2.75, 3.05) is 7.11 Å². The molecule has 140 valence electrons. The minimum absolute atomic E-state index is 0.0580. The van der Waals surface area contributed by atoms with E-state index >= 15 is 0 Å². The first-order valence-electron chi connectivity index (χ1n) is 6.96. The molecule has 0 aliphatic carbocycles. The summed E-state index contributed by atoms with van der Waals surface area (Å²) in [4.78, 5) is 10.4. The fraction of sp³-hybridized carbons (Fsp3) is 0.200. The van der Waals surface area contributed by atoms with E-state index in [0.717, 1.165) is 31.4 Å². The van der Waals surface area contributed by atoms with Gasteiger partial charge in [0.2, 0.25) is 8.03 Å². The standard InChI is InChI=1S/C15H12ClF3NO5P/c1-8-5-11(20(21)22)14(26(23)24-2)7-13(8)25-12-4-3-9(6-10(12)16)15(17,18)19/h3-7,26H,1-2H3. The number of nitro benzene ring substituents is 1. The number of nitro groups is 1. The number of hydrogen-bond donors (Lipinski definition) is 0. The molecule has 0 aromatic heterocycles. The molecule has 0 heterocycles. The highest BCUT2D eigenvalue weighted by molar-refractivity contribution is 7.48. The fourth-order valence-corrected chi connectivity index (χ4v) is 3.15. The van der Waals surface area contributed by atoms with Crippen LogP contribution in [0.5, 0.6) is 11.5 Å². The molecule has 0 aliphatic rings. The van der Waals surface area contributed by atoms with Crippen molar-refractivity contribution in [3.05, 3.63) is 56.6 Å². The van der Waals surface area contributed by atoms with Crippen molar-refractivity contribution < 1.29 is 31.9 Å². The lowest BCUT2D eigenvalue weighted by molar-refractivity contribution is -0.383. The lowest BCUT2D eigenvalue weighted by atomic mass is 10.2. The van der Waals surface area contributed by atoms with Gasteiger partial charge in [0.15, 0.2) is 0 Å². The summed E-state index contributed by atoms with van der Waals surface area (Å²) >= 11 is 5.84. The molecular weight excluding hydrogens is 398 g/mol. The van der Waals surface area contributed by atoms with Crippen LogP contribution in [0.4, 0.5) is 18.9 Å². The summed E-state index contributed by atoms with van der Waals surface area (Å²) in [5.41, 5.74) is -1.04. The van der Waals surface area contributed by atoms with Gasteiger partial charge in [-0.3, -0.25) is 14.7 Å². The van der Waals surface area contributed by atoms with Crippen molar-refractivity contribution in [1.82, 2.24) is 0 Å². The van der Waals surface area contributed by atoms with Gasteiger partial charge in [0, 0.05) is 19.2 Å². The van der Waals surface area contributed by atoms with E-state index in [-0.39, 0.29) is 21.8 Å². The number of hydrogen-bond acceptors (Lipinski definition) is 5. The second-order valence-corrected chi connectivity index (χ2v) is 7.06. The molecule has 0 amide bonds. The molecule has 0 radical (unpaired) electrons. The maximum atomic E-state index is 12.7. The highest BCUT2D eigenvalue weighted by atomic mass is 35.5. The largest absolute Gasteiger partial charge is 0.455 e. The first-order valence-corrected chi connectivity index (χ1v) is 8.66. The summed E-state index contributed by atoms with van der Waals surface area (Å²) in [6, 6.07) is 4.83. The van der Waals surface area contributed by atoms with E-state index in [9.17, 15) is 27.9 Å². The van der Waals surface area contributed by atoms with Crippen molar-refractivity contribution >= 4 is 30.6 Å². The predicted octanol–water partition coefficient (Wildman–Crippen LogP) is 5.11. The second kappa shape index (κ2) is 7.65. The maximum absolute atomic E-state index is 12.7. The van der Waals surface area contributed by atoms with Gasteiger partial charge in [-0.1, -0.05) is 11.6 Å². The normalized spacial score (nSPS) is 12.7. The lowest BCUT2D eigenvalue weighted by Gasteiger charge is -2.13. The third kappa shape index (κ3) is 4.35. The zero-order valence-corrected chi connectivity index (χ0v) is 15.1. The zero-order valence-electron chi connectivity index (χ0n) is 13.4. The Morgan fingerprint density at radius 2 is 1.85 bits per heavy atom. The Hall–Kier alpha value is -2.09. The van der Waals surface area contributed by atoms with Gasteiger partial charge < -0.3 is 9.26 Å². The Morgan fingerprint density at radius 1 is 1.19 bits per heavy atom. The average Bonchev–Trinajstić information content (AvgIpc) is 2.56. The van der Waals surface area contributed by atoms with E-state index < -0.39 is 30.4 Å². The van der Waals surface area contributed by atoms with Crippen molar-refractivity contribution in [2.24, 2.45) is 0 Å². The van der Waals surface area contributed by atoms with Crippen LogP contribution >= 0.6 is 19.6 Å². The zero-order chi connectivity index (χ0) is 19.6. The van der Waals surface area contributed by atoms with Crippen LogP contribution in [0.2, 0.25) is 5.02 Å². The SMILES string of the molecule is CO[PH](=O)c1cc(Oc2ccc(C(F)(F)F)cc2Cl)c(C)cc1[N+](=O)[O-]. The van der Waals surface area contributed by atoms with Crippen LogP contribution in [-0.4, -0.2) is 12.0 Å². The molecule has 1 unspecified atom stereocenters. The second-order valence-electron chi connectivity index (χ2n) is 5.13. The summed E-state index contributed by atoms with van der Waals surface area (Å²) in [6.45, 7) is 1.49. The third-order valence-electron chi connectivity index (χ3n) is 3.37. The number of halogens is 4. The van der Waals surface area contributed by atoms with E-state index in [0.29, 0.717) is 11.6 Å². The molecule has 11 heteroatoms. The van der Waals surface area contributed by atoms with Gasteiger partial charge in [0.1, 0.15) is 16.8 Å². The molecule has 6 nitrogen and oxygen atoms in total. The Balaban J connectivity index is 2.47. The smallest absolute Gasteiger partial charge is 0.416 e. The minimum atomic E-state index is -4.56. The predicted molar refractivity (Wildman–Crippen MR) is 90.0 cm³/mol. The minimum Gasteiger partial charge on any atom is -0.455 e. The molecule has 2 aromatic rings. The molecule has 26 heavy (non-hydrogen) atoms. The van der Waals surface area contributed by atoms with Gasteiger partial charge in [0.25, 0.3) is 5.69 Å². The van der Waals surface area contributed by atoms with Crippen LogP contribution in [0.15, 0.2) is 30.3 Å². The molecule has 2 aromatic carbocycles. The van der Waals surface area contributed by atoms with Crippen LogP contribution in [0, 0.1) is 17.0 Å². The highest BCUT2D eigenvalue weighted by Gasteiger charge is 2.31. The Bertz CT molecular complexity index is 888. The monoisotopic (exact) mass is 409 g/mol. The first kappa shape index (κ1) is 20.2. The quantitative estimate of drug-likeness (QED) is 0.389. The third-order valence-corrected chi connectivity index (χ3v) is 4.88. The summed E-state index contributed by atoms with van der Waals surface area (Å²) < 4.78 is 60.1. The van der Waals surface area contributed by atoms with Crippen molar-refractivity contribution in [1.29, 1.82) is 0 Å². The number of nitrogens with zero attached hydrogens (tertiary/aromatic N) is 1. The Kier molecular flexibility index (Phi) is 5.95. The molecule has 1 atom stereocenters. The van der Waals surface area contributed by atoms with E-state index in [1.165, 1.54) is 6.92 Å². The topological polar surface area (TPSA) is 78.7 Å². The Morgan fingerprint density at radius 3 is 2.35 bits per heavy atom. The molecule has 2 rings (SSSR count). The van der Waals surface area contributed by atoms with Crippen LogP contribution in [0.1, 0.15) is 11.1 Å². The van der Waals surface area contributed by atoms with Crippen molar-refractivity contribution in [2.45, 2.75) is 13.1 Å². The molecule has 0 bridgehead atoms. The number of benzene rings is 2. The van der Waals surface area contributed by atoms with Gasteiger partial charge in [-0.25, -0.2) is 0 Å². The van der Waals surface area contributed by atoms with E-state index in [1.54, 1.807) is 0 Å². The van der Waals surface area contributed by atoms with Crippen LogP contribution < -0.4 is 10.0 Å². The lowest BCUT2D eigenvalue weighted by Crippen LogP contribution is -2.08. The first-order chi connectivity index (χ1) is 12.0. The van der Waals surface area contributed by atoms with Gasteiger partial charge >= 0.3 is 6.18 Å². The molecule has 0 spiro atoms. The van der Waals surface area contributed by atoms with Gasteiger partial charge in [-0.05, 0) is 30.7 Å². The summed E-state index contributed by atoms with van der Waals surface area (Å²) in [7, 11) is -1.76. The van der Waals surface area contributed by atoms with E-state index in [1.807, 2.05) is 0 Å². The van der Waals surface area contributed by atoms with Gasteiger partial charge in [0.05, 0.1) is 15.5 Å². The maximum Gasteiger partial charge on any atom is 0.416 e. The van der Waals surface area contributed by atoms with Crippen LogP contribution in [-0.2, 0) is 15.3 Å². The van der Waals surface area contributed by atoms with Gasteiger partial charge in [-0.15, -0.1) is 0 Å². The van der Waals surface area contributed by atoms with Crippen LogP contribution in [0.25, 0.3) is 0 Å². The van der Waals surface area contributed by atoms with Gasteiger partial charge in [-0.2, -0.15) is 13.2 Å².